The van der Waals surface area contributed by atoms with Crippen LogP contribution in [-0.4, -0.2) is 42.0 Å². The number of hydrogen-bond acceptors (Lipinski definition) is 4. The van der Waals surface area contributed by atoms with Crippen LogP contribution in [0.2, 0.25) is 0 Å². The molecule has 0 saturated carbocycles. The summed E-state index contributed by atoms with van der Waals surface area (Å²) in [5.74, 6) is -0.502. The maximum Gasteiger partial charge on any atom is 0.325 e. The highest BCUT2D eigenvalue weighted by atomic mass is 16.5. The minimum absolute atomic E-state index is 0.112. The molecule has 1 N–H and O–H groups in total. The number of ether oxygens (including phenoxy) is 1. The van der Waals surface area contributed by atoms with Crippen LogP contribution in [0, 0.1) is 5.92 Å². The van der Waals surface area contributed by atoms with Crippen LogP contribution in [0.3, 0.4) is 0 Å². The summed E-state index contributed by atoms with van der Waals surface area (Å²) in [5.41, 5.74) is -0.0741. The first-order valence-electron chi connectivity index (χ1n) is 7.06. The Balaban J connectivity index is 2.96. The van der Waals surface area contributed by atoms with Crippen molar-refractivity contribution in [2.24, 2.45) is 5.92 Å². The van der Waals surface area contributed by atoms with Crippen LogP contribution in [0.5, 0.6) is 0 Å². The number of nitrogens with zero attached hydrogens (tertiary/aromatic N) is 1. The van der Waals surface area contributed by atoms with Crippen molar-refractivity contribution >= 4 is 11.9 Å². The number of amides is 1. The Morgan fingerprint density at radius 3 is 2.52 bits per heavy atom. The number of aromatic amines is 1. The molecule has 0 aliphatic heterocycles. The first-order valence-corrected chi connectivity index (χ1v) is 7.06. The van der Waals surface area contributed by atoms with Crippen LogP contribution in [0.4, 0.5) is 0 Å². The number of rotatable bonds is 7. The van der Waals surface area contributed by atoms with Gasteiger partial charge >= 0.3 is 5.97 Å². The molecule has 0 atom stereocenters. The molecule has 0 spiro atoms. The van der Waals surface area contributed by atoms with Gasteiger partial charge < -0.3 is 14.6 Å². The summed E-state index contributed by atoms with van der Waals surface area (Å²) in [7, 11) is 1.29. The fraction of sp³-hybridized carbons (Fsp3) is 0.533. The SMILES string of the molecule is CCC(CC)CN(CC(=O)OC)C(=O)c1cc[nH]c(=O)c1. The molecule has 0 radical (unpaired) electrons. The molecule has 0 unspecified atom stereocenters. The van der Waals surface area contributed by atoms with Crippen molar-refractivity contribution in [1.29, 1.82) is 0 Å². The molecule has 0 fully saturated rings. The molecule has 21 heavy (non-hydrogen) atoms. The number of hydrogen-bond donors (Lipinski definition) is 1. The van der Waals surface area contributed by atoms with Crippen molar-refractivity contribution in [1.82, 2.24) is 9.88 Å². The van der Waals surface area contributed by atoms with E-state index in [2.05, 4.69) is 9.72 Å². The number of carbonyl (C=O) groups excluding carboxylic acids is 2. The Morgan fingerprint density at radius 1 is 1.33 bits per heavy atom. The van der Waals surface area contributed by atoms with Gasteiger partial charge in [0.05, 0.1) is 7.11 Å². The zero-order chi connectivity index (χ0) is 15.8. The molecule has 0 aromatic carbocycles. The van der Waals surface area contributed by atoms with Gasteiger partial charge in [-0.1, -0.05) is 26.7 Å². The van der Waals surface area contributed by atoms with Gasteiger partial charge in [-0.25, -0.2) is 0 Å². The summed E-state index contributed by atoms with van der Waals surface area (Å²) in [6, 6.07) is 2.76. The van der Waals surface area contributed by atoms with E-state index in [-0.39, 0.29) is 23.6 Å². The zero-order valence-electron chi connectivity index (χ0n) is 12.7. The average Bonchev–Trinajstić information content (AvgIpc) is 2.50. The summed E-state index contributed by atoms with van der Waals surface area (Å²) in [6.07, 6.45) is 3.25. The lowest BCUT2D eigenvalue weighted by Gasteiger charge is -2.25. The summed E-state index contributed by atoms with van der Waals surface area (Å²) in [4.78, 5) is 39.2. The van der Waals surface area contributed by atoms with Gasteiger partial charge in [-0.2, -0.15) is 0 Å². The van der Waals surface area contributed by atoms with Crippen molar-refractivity contribution in [2.45, 2.75) is 26.7 Å². The van der Waals surface area contributed by atoms with Crippen LogP contribution < -0.4 is 5.56 Å². The predicted octanol–water partition coefficient (Wildman–Crippen LogP) is 1.43. The number of pyridine rings is 1. The highest BCUT2D eigenvalue weighted by Gasteiger charge is 2.22. The number of nitrogens with one attached hydrogen (secondary N) is 1. The van der Waals surface area contributed by atoms with Crippen LogP contribution >= 0.6 is 0 Å². The minimum Gasteiger partial charge on any atom is -0.468 e. The van der Waals surface area contributed by atoms with E-state index in [1.165, 1.54) is 30.3 Å². The molecule has 6 nitrogen and oxygen atoms in total. The van der Waals surface area contributed by atoms with Crippen molar-refractivity contribution in [3.05, 3.63) is 34.2 Å². The Hall–Kier alpha value is -2.11. The summed E-state index contributed by atoms with van der Waals surface area (Å²) < 4.78 is 4.64. The Labute approximate surface area is 124 Å². The Kier molecular flexibility index (Phi) is 6.65. The van der Waals surface area contributed by atoms with E-state index in [1.54, 1.807) is 0 Å². The molecule has 1 aromatic heterocycles. The predicted molar refractivity (Wildman–Crippen MR) is 79.1 cm³/mol. The lowest BCUT2D eigenvalue weighted by molar-refractivity contribution is -0.141. The molecule has 0 bridgehead atoms. The fourth-order valence-corrected chi connectivity index (χ4v) is 2.06. The second-order valence-electron chi connectivity index (χ2n) is 4.89. The second kappa shape index (κ2) is 8.24. The summed E-state index contributed by atoms with van der Waals surface area (Å²) in [6.45, 7) is 4.44. The molecule has 1 amide bonds. The van der Waals surface area contributed by atoms with Gasteiger partial charge in [0.25, 0.3) is 5.91 Å². The highest BCUT2D eigenvalue weighted by Crippen LogP contribution is 2.12. The third-order valence-electron chi connectivity index (χ3n) is 3.49. The normalized spacial score (nSPS) is 10.5. The molecule has 6 heteroatoms. The molecular formula is C15H22N2O4. The van der Waals surface area contributed by atoms with Crippen LogP contribution in [0.15, 0.2) is 23.1 Å². The maximum atomic E-state index is 12.5. The number of H-pyrrole nitrogens is 1. The number of carbonyl (C=O) groups is 2. The number of esters is 1. The van der Waals surface area contributed by atoms with Gasteiger partial charge in [-0.05, 0) is 12.0 Å². The van der Waals surface area contributed by atoms with E-state index in [9.17, 15) is 14.4 Å². The van der Waals surface area contributed by atoms with Gasteiger partial charge in [0, 0.05) is 24.4 Å². The lowest BCUT2D eigenvalue weighted by atomic mass is 10.0. The van der Waals surface area contributed by atoms with E-state index in [4.69, 9.17) is 0 Å². The van der Waals surface area contributed by atoms with Crippen molar-refractivity contribution in [3.8, 4) is 0 Å². The molecule has 1 heterocycles. The maximum absolute atomic E-state index is 12.5. The number of methoxy groups -OCH3 is 1. The fourth-order valence-electron chi connectivity index (χ4n) is 2.06. The molecule has 116 valence electrons. The van der Waals surface area contributed by atoms with E-state index in [1.807, 2.05) is 13.8 Å². The van der Waals surface area contributed by atoms with Gasteiger partial charge in [0.1, 0.15) is 6.54 Å². The zero-order valence-corrected chi connectivity index (χ0v) is 12.7. The van der Waals surface area contributed by atoms with Crippen LogP contribution in [0.1, 0.15) is 37.0 Å². The Bertz CT molecular complexity index is 534. The average molecular weight is 294 g/mol. The van der Waals surface area contributed by atoms with Crippen molar-refractivity contribution in [2.75, 3.05) is 20.2 Å². The molecule has 1 aromatic rings. The second-order valence-corrected chi connectivity index (χ2v) is 4.89. The van der Waals surface area contributed by atoms with Crippen molar-refractivity contribution in [3.63, 3.8) is 0 Å². The summed E-state index contributed by atoms with van der Waals surface area (Å²) >= 11 is 0. The minimum atomic E-state index is -0.473. The largest absolute Gasteiger partial charge is 0.468 e. The smallest absolute Gasteiger partial charge is 0.325 e. The van der Waals surface area contributed by atoms with Crippen LogP contribution in [-0.2, 0) is 9.53 Å². The monoisotopic (exact) mass is 294 g/mol. The van der Waals surface area contributed by atoms with Crippen LogP contribution in [0.25, 0.3) is 0 Å². The quantitative estimate of drug-likeness (QED) is 0.771. The van der Waals surface area contributed by atoms with Gasteiger partial charge in [-0.15, -0.1) is 0 Å². The molecule has 0 saturated heterocycles. The van der Waals surface area contributed by atoms with E-state index in [0.717, 1.165) is 12.8 Å². The third-order valence-corrected chi connectivity index (χ3v) is 3.49. The topological polar surface area (TPSA) is 79.5 Å². The van der Waals surface area contributed by atoms with E-state index < -0.39 is 5.97 Å². The molecule has 0 aliphatic carbocycles. The summed E-state index contributed by atoms with van der Waals surface area (Å²) in [5, 5.41) is 0. The first kappa shape index (κ1) is 16.9. The van der Waals surface area contributed by atoms with Gasteiger partial charge in [-0.3, -0.25) is 14.4 Å². The molecule has 0 aliphatic rings. The molecular weight excluding hydrogens is 272 g/mol. The van der Waals surface area contributed by atoms with Gasteiger partial charge in [0.2, 0.25) is 5.56 Å². The first-order chi connectivity index (χ1) is 10.0. The third kappa shape index (κ3) is 5.06. The molecule has 1 rings (SSSR count). The van der Waals surface area contributed by atoms with Crippen molar-refractivity contribution < 1.29 is 14.3 Å². The Morgan fingerprint density at radius 2 is 2.00 bits per heavy atom. The van der Waals surface area contributed by atoms with Gasteiger partial charge in [0.15, 0.2) is 0 Å². The standard InChI is InChI=1S/C15H22N2O4/c1-4-11(5-2)9-17(10-14(19)21-3)15(20)12-6-7-16-13(18)8-12/h6-8,11H,4-5,9-10H2,1-3H3,(H,16,18). The lowest BCUT2D eigenvalue weighted by Crippen LogP contribution is -2.39. The van der Waals surface area contributed by atoms with E-state index >= 15 is 0 Å². The highest BCUT2D eigenvalue weighted by molar-refractivity contribution is 5.95. The van der Waals surface area contributed by atoms with E-state index in [0.29, 0.717) is 12.5 Å². The number of aromatic nitrogens is 1.